The molecule has 0 bridgehead atoms. The molecule has 1 aliphatic rings. The molecule has 2 heterocycles. The summed E-state index contributed by atoms with van der Waals surface area (Å²) < 4.78 is 27.9. The van der Waals surface area contributed by atoms with Crippen LogP contribution in [0.3, 0.4) is 0 Å². The Morgan fingerprint density at radius 3 is 2.76 bits per heavy atom. The summed E-state index contributed by atoms with van der Waals surface area (Å²) in [7, 11) is -3.79. The quantitative estimate of drug-likeness (QED) is 0.653. The van der Waals surface area contributed by atoms with Crippen molar-refractivity contribution in [2.45, 2.75) is 24.7 Å². The number of aryl methyl sites for hydroxylation is 2. The highest BCUT2D eigenvalue weighted by molar-refractivity contribution is 7.93. The molecule has 0 radical (unpaired) electrons. The van der Waals surface area contributed by atoms with Gasteiger partial charge in [-0.3, -0.25) is 9.52 Å². The van der Waals surface area contributed by atoms with Crippen LogP contribution >= 0.6 is 22.9 Å². The number of halogens is 1. The zero-order chi connectivity index (χ0) is 20.6. The van der Waals surface area contributed by atoms with Crippen molar-refractivity contribution in [2.75, 3.05) is 16.2 Å². The van der Waals surface area contributed by atoms with E-state index in [-0.39, 0.29) is 15.9 Å². The molecule has 3 aromatic rings. The van der Waals surface area contributed by atoms with Crippen molar-refractivity contribution in [3.8, 4) is 0 Å². The first-order valence-corrected chi connectivity index (χ1v) is 11.5. The van der Waals surface area contributed by atoms with Crippen LogP contribution in [0.1, 0.15) is 27.3 Å². The number of rotatable bonds is 4. The Labute approximate surface area is 177 Å². The first-order chi connectivity index (χ1) is 13.8. The van der Waals surface area contributed by atoms with Crippen LogP contribution in [0.5, 0.6) is 0 Å². The molecule has 1 aromatic heterocycles. The molecule has 29 heavy (non-hydrogen) atoms. The smallest absolute Gasteiger partial charge is 0.263 e. The van der Waals surface area contributed by atoms with E-state index in [4.69, 9.17) is 11.6 Å². The first-order valence-electron chi connectivity index (χ1n) is 8.87. The number of hydrogen-bond acceptors (Lipinski definition) is 6. The second-order valence-corrected chi connectivity index (χ2v) is 9.89. The van der Waals surface area contributed by atoms with Crippen molar-refractivity contribution < 1.29 is 13.2 Å². The van der Waals surface area contributed by atoms with E-state index >= 15 is 0 Å². The lowest BCUT2D eigenvalue weighted by Gasteiger charge is -2.30. The fourth-order valence-corrected chi connectivity index (χ4v) is 5.30. The number of benzene rings is 2. The van der Waals surface area contributed by atoms with Crippen LogP contribution in [0.4, 0.5) is 10.8 Å². The first kappa shape index (κ1) is 19.8. The lowest BCUT2D eigenvalue weighted by Crippen LogP contribution is -2.35. The molecule has 0 atom stereocenters. The Balaban J connectivity index is 1.64. The summed E-state index contributed by atoms with van der Waals surface area (Å²) in [6.45, 7) is 2.31. The Kier molecular flexibility index (Phi) is 5.28. The number of nitrogens with one attached hydrogen (secondary N) is 1. The number of amides is 1. The van der Waals surface area contributed by atoms with Crippen LogP contribution in [0.2, 0.25) is 5.02 Å². The number of hydrogen-bond donors (Lipinski definition) is 1. The number of anilines is 2. The Morgan fingerprint density at radius 1 is 1.21 bits per heavy atom. The molecule has 0 aliphatic carbocycles. The number of aromatic nitrogens is 2. The standard InChI is InChI=1S/C19H17ClN4O3S2/c1-12-21-22-19(28-12)23-29(26,27)16-7-8-17-13(11-16)5-3-9-24(17)18(25)14-4-2-6-15(20)10-14/h2,4,6-8,10-11H,3,5,9H2,1H3,(H,22,23). The lowest BCUT2D eigenvalue weighted by atomic mass is 10.0. The van der Waals surface area contributed by atoms with E-state index in [1.54, 1.807) is 48.2 Å². The Hall–Kier alpha value is -2.49. The van der Waals surface area contributed by atoms with Gasteiger partial charge in [-0.1, -0.05) is 29.0 Å². The molecule has 7 nitrogen and oxygen atoms in total. The van der Waals surface area contributed by atoms with E-state index in [2.05, 4.69) is 14.9 Å². The maximum absolute atomic E-state index is 13.0. The molecule has 0 saturated carbocycles. The summed E-state index contributed by atoms with van der Waals surface area (Å²) in [6, 6.07) is 11.6. The lowest BCUT2D eigenvalue weighted by molar-refractivity contribution is 0.0985. The van der Waals surface area contributed by atoms with Crippen molar-refractivity contribution in [3.63, 3.8) is 0 Å². The molecule has 1 aliphatic heterocycles. The largest absolute Gasteiger partial charge is 0.308 e. The Morgan fingerprint density at radius 2 is 2.03 bits per heavy atom. The van der Waals surface area contributed by atoms with E-state index < -0.39 is 10.0 Å². The van der Waals surface area contributed by atoms with Gasteiger partial charge in [-0.15, -0.1) is 10.2 Å². The average molecular weight is 449 g/mol. The summed E-state index contributed by atoms with van der Waals surface area (Å²) in [5, 5.41) is 9.00. The average Bonchev–Trinajstić information content (AvgIpc) is 3.10. The summed E-state index contributed by atoms with van der Waals surface area (Å²) in [4.78, 5) is 14.8. The summed E-state index contributed by atoms with van der Waals surface area (Å²) in [6.07, 6.45) is 1.43. The number of fused-ring (bicyclic) bond motifs is 1. The third-order valence-corrected chi connectivity index (χ3v) is 7.00. The van der Waals surface area contributed by atoms with Crippen molar-refractivity contribution in [1.82, 2.24) is 10.2 Å². The van der Waals surface area contributed by atoms with E-state index in [1.807, 2.05) is 0 Å². The molecule has 4 rings (SSSR count). The maximum Gasteiger partial charge on any atom is 0.263 e. The normalized spacial score (nSPS) is 13.8. The van der Waals surface area contributed by atoms with Gasteiger partial charge in [0.15, 0.2) is 0 Å². The second kappa shape index (κ2) is 7.74. The zero-order valence-corrected chi connectivity index (χ0v) is 17.8. The van der Waals surface area contributed by atoms with Crippen LogP contribution in [-0.2, 0) is 16.4 Å². The highest BCUT2D eigenvalue weighted by atomic mass is 35.5. The van der Waals surface area contributed by atoms with Crippen molar-refractivity contribution in [1.29, 1.82) is 0 Å². The van der Waals surface area contributed by atoms with Crippen LogP contribution in [0, 0.1) is 6.92 Å². The molecule has 0 spiro atoms. The number of sulfonamides is 1. The molecule has 0 unspecified atom stereocenters. The highest BCUT2D eigenvalue weighted by Crippen LogP contribution is 2.31. The molecular weight excluding hydrogens is 432 g/mol. The minimum Gasteiger partial charge on any atom is -0.308 e. The van der Waals surface area contributed by atoms with Gasteiger partial charge >= 0.3 is 0 Å². The summed E-state index contributed by atoms with van der Waals surface area (Å²) in [5.41, 5.74) is 2.02. The fraction of sp³-hybridized carbons (Fsp3) is 0.211. The minimum absolute atomic E-state index is 0.126. The van der Waals surface area contributed by atoms with Gasteiger partial charge in [0, 0.05) is 22.8 Å². The van der Waals surface area contributed by atoms with Crippen LogP contribution in [0.25, 0.3) is 0 Å². The zero-order valence-electron chi connectivity index (χ0n) is 15.4. The second-order valence-electron chi connectivity index (χ2n) is 6.59. The molecule has 150 valence electrons. The van der Waals surface area contributed by atoms with Crippen molar-refractivity contribution >= 4 is 49.7 Å². The van der Waals surface area contributed by atoms with Gasteiger partial charge in [0.1, 0.15) is 5.01 Å². The van der Waals surface area contributed by atoms with Gasteiger partial charge in [0.05, 0.1) is 4.90 Å². The minimum atomic E-state index is -3.79. The van der Waals surface area contributed by atoms with Crippen LogP contribution in [0.15, 0.2) is 47.4 Å². The summed E-state index contributed by atoms with van der Waals surface area (Å²) >= 11 is 7.18. The number of carbonyl (C=O) groups is 1. The molecule has 2 aromatic carbocycles. The fourth-order valence-electron chi connectivity index (χ4n) is 3.24. The van der Waals surface area contributed by atoms with Gasteiger partial charge in [0.2, 0.25) is 5.13 Å². The van der Waals surface area contributed by atoms with Crippen molar-refractivity contribution in [2.24, 2.45) is 0 Å². The van der Waals surface area contributed by atoms with Gasteiger partial charge in [-0.2, -0.15) is 0 Å². The van der Waals surface area contributed by atoms with Gasteiger partial charge < -0.3 is 4.90 Å². The molecule has 0 saturated heterocycles. The van der Waals surface area contributed by atoms with E-state index in [0.29, 0.717) is 34.2 Å². The molecule has 0 fully saturated rings. The third-order valence-electron chi connectivity index (χ3n) is 4.54. The van der Waals surface area contributed by atoms with Gasteiger partial charge in [0.25, 0.3) is 15.9 Å². The van der Waals surface area contributed by atoms with E-state index in [0.717, 1.165) is 23.3 Å². The third kappa shape index (κ3) is 4.12. The molecular formula is C19H17ClN4O3S2. The topological polar surface area (TPSA) is 92.3 Å². The highest BCUT2D eigenvalue weighted by Gasteiger charge is 2.26. The molecule has 1 amide bonds. The van der Waals surface area contributed by atoms with Crippen LogP contribution in [-0.4, -0.2) is 31.1 Å². The predicted octanol–water partition coefficient (Wildman–Crippen LogP) is 3.89. The monoisotopic (exact) mass is 448 g/mol. The molecule has 1 N–H and O–H groups in total. The number of nitrogens with zero attached hydrogens (tertiary/aromatic N) is 3. The van der Waals surface area contributed by atoms with Gasteiger partial charge in [-0.25, -0.2) is 8.42 Å². The van der Waals surface area contributed by atoms with E-state index in [1.165, 1.54) is 6.07 Å². The number of carbonyl (C=O) groups excluding carboxylic acids is 1. The SMILES string of the molecule is Cc1nnc(NS(=O)(=O)c2ccc3c(c2)CCCN3C(=O)c2cccc(Cl)c2)s1. The summed E-state index contributed by atoms with van der Waals surface area (Å²) in [5.74, 6) is -0.161. The van der Waals surface area contributed by atoms with Crippen molar-refractivity contribution in [3.05, 3.63) is 63.6 Å². The van der Waals surface area contributed by atoms with Gasteiger partial charge in [-0.05, 0) is 61.7 Å². The Bertz CT molecular complexity index is 1190. The maximum atomic E-state index is 13.0. The van der Waals surface area contributed by atoms with E-state index in [9.17, 15) is 13.2 Å². The molecule has 10 heteroatoms. The van der Waals surface area contributed by atoms with Crippen LogP contribution < -0.4 is 9.62 Å². The predicted molar refractivity (Wildman–Crippen MR) is 113 cm³/mol.